The van der Waals surface area contributed by atoms with E-state index in [0.717, 1.165) is 34.1 Å². The van der Waals surface area contributed by atoms with Gasteiger partial charge in [0.15, 0.2) is 0 Å². The molecule has 0 radical (unpaired) electrons. The highest BCUT2D eigenvalue weighted by Gasteiger charge is 2.36. The number of nitrogens with one attached hydrogen (secondary N) is 2. The molecule has 11 nitrogen and oxygen atoms in total. The molecule has 164 valence electrons. The monoisotopic (exact) mass is 448 g/mol. The van der Waals surface area contributed by atoms with Crippen LogP contribution in [0, 0.1) is 10.1 Å². The first-order valence-electron chi connectivity index (χ1n) is 9.27. The molecule has 2 N–H and O–H groups in total. The van der Waals surface area contributed by atoms with Crippen molar-refractivity contribution in [3.63, 3.8) is 0 Å². The Labute approximate surface area is 178 Å². The molecule has 1 aliphatic rings. The van der Waals surface area contributed by atoms with Gasteiger partial charge in [0, 0.05) is 25.2 Å². The number of carbonyl (C=O) groups is 2. The Morgan fingerprint density at radius 3 is 2.35 bits per heavy atom. The lowest BCUT2D eigenvalue weighted by Gasteiger charge is -2.22. The number of amides is 2. The third kappa shape index (κ3) is 5.42. The fourth-order valence-electron chi connectivity index (χ4n) is 2.94. The highest BCUT2D eigenvalue weighted by atomic mass is 32.2. The summed E-state index contributed by atoms with van der Waals surface area (Å²) in [6, 6.07) is 13.5. The van der Waals surface area contributed by atoms with Crippen LogP contribution in [0.25, 0.3) is 0 Å². The van der Waals surface area contributed by atoms with Gasteiger partial charge in [-0.15, -0.1) is 0 Å². The van der Waals surface area contributed by atoms with Gasteiger partial charge in [-0.05, 0) is 17.7 Å². The van der Waals surface area contributed by atoms with Crippen LogP contribution in [-0.4, -0.2) is 55.4 Å². The predicted octanol–water partition coefficient (Wildman–Crippen LogP) is 0.374. The Morgan fingerprint density at radius 2 is 1.71 bits per heavy atom. The summed E-state index contributed by atoms with van der Waals surface area (Å²) in [4.78, 5) is 34.0. The number of hydrogen-bond acceptors (Lipinski definition) is 7. The first-order chi connectivity index (χ1) is 14.8. The van der Waals surface area contributed by atoms with Gasteiger partial charge in [0.2, 0.25) is 10.0 Å². The zero-order valence-electron chi connectivity index (χ0n) is 16.3. The lowest BCUT2D eigenvalue weighted by Crippen LogP contribution is -2.47. The minimum atomic E-state index is -4.01. The normalized spacial score (nSPS) is 16.6. The Hall–Kier alpha value is -3.35. The van der Waals surface area contributed by atoms with Gasteiger partial charge in [0.1, 0.15) is 6.23 Å². The van der Waals surface area contributed by atoms with E-state index in [4.69, 9.17) is 4.74 Å². The van der Waals surface area contributed by atoms with Crippen molar-refractivity contribution < 1.29 is 27.7 Å². The lowest BCUT2D eigenvalue weighted by atomic mass is 10.2. The third-order valence-electron chi connectivity index (χ3n) is 4.54. The molecule has 3 rings (SSSR count). The summed E-state index contributed by atoms with van der Waals surface area (Å²) >= 11 is 0. The summed E-state index contributed by atoms with van der Waals surface area (Å²) < 4.78 is 32.1. The number of ether oxygens (including phenoxy) is 1. The van der Waals surface area contributed by atoms with E-state index in [1.54, 1.807) is 24.3 Å². The van der Waals surface area contributed by atoms with Gasteiger partial charge in [-0.2, -0.15) is 4.31 Å². The van der Waals surface area contributed by atoms with Gasteiger partial charge >= 0.3 is 11.8 Å². The quantitative estimate of drug-likeness (QED) is 0.353. The second-order valence-electron chi connectivity index (χ2n) is 6.57. The molecule has 2 aromatic rings. The van der Waals surface area contributed by atoms with E-state index in [-0.39, 0.29) is 36.8 Å². The van der Waals surface area contributed by atoms with E-state index < -0.39 is 33.0 Å². The van der Waals surface area contributed by atoms with Crippen LogP contribution in [0.5, 0.6) is 0 Å². The Kier molecular flexibility index (Phi) is 6.95. The molecule has 1 fully saturated rings. The molecule has 0 saturated carbocycles. The second kappa shape index (κ2) is 9.64. The first-order valence-corrected chi connectivity index (χ1v) is 10.7. The van der Waals surface area contributed by atoms with Crippen LogP contribution < -0.4 is 10.6 Å². The fraction of sp³-hybridized carbons (Fsp3) is 0.263. The van der Waals surface area contributed by atoms with Crippen molar-refractivity contribution in [2.45, 2.75) is 17.7 Å². The number of hydrogen-bond donors (Lipinski definition) is 2. The molecule has 0 spiro atoms. The number of benzene rings is 2. The molecule has 2 aromatic carbocycles. The number of sulfonamides is 1. The molecular weight excluding hydrogens is 428 g/mol. The van der Waals surface area contributed by atoms with Crippen molar-refractivity contribution in [1.82, 2.24) is 14.9 Å². The van der Waals surface area contributed by atoms with Crippen LogP contribution in [0.3, 0.4) is 0 Å². The molecule has 31 heavy (non-hydrogen) atoms. The topological polar surface area (TPSA) is 148 Å². The van der Waals surface area contributed by atoms with E-state index in [9.17, 15) is 28.1 Å². The summed E-state index contributed by atoms with van der Waals surface area (Å²) in [6.07, 6.45) is -1.01. The van der Waals surface area contributed by atoms with E-state index in [2.05, 4.69) is 10.6 Å². The number of rotatable bonds is 7. The molecule has 0 bridgehead atoms. The number of non-ortho nitro benzene ring substituents is 1. The van der Waals surface area contributed by atoms with Crippen molar-refractivity contribution >= 4 is 27.5 Å². The number of carbonyl (C=O) groups excluding carboxylic acids is 2. The molecule has 0 aliphatic carbocycles. The first kappa shape index (κ1) is 22.3. The SMILES string of the molecule is O=C(NCc1ccccc1)C(=O)NC[C@@H]1OCCN1S(=O)(=O)c1ccc([N+](=O)[O-])cc1. The number of nitrogens with zero attached hydrogens (tertiary/aromatic N) is 2. The fourth-order valence-corrected chi connectivity index (χ4v) is 4.45. The number of nitro benzene ring substituents is 1. The molecule has 1 aliphatic heterocycles. The number of nitro groups is 1. The average Bonchev–Trinajstić information content (AvgIpc) is 3.26. The van der Waals surface area contributed by atoms with Gasteiger partial charge in [-0.25, -0.2) is 8.42 Å². The second-order valence-corrected chi connectivity index (χ2v) is 8.46. The van der Waals surface area contributed by atoms with E-state index in [1.165, 1.54) is 0 Å². The highest BCUT2D eigenvalue weighted by molar-refractivity contribution is 7.89. The summed E-state index contributed by atoms with van der Waals surface area (Å²) in [5.74, 6) is -1.77. The molecule has 2 amide bonds. The van der Waals surface area contributed by atoms with E-state index in [0.29, 0.717) is 0 Å². The predicted molar refractivity (Wildman–Crippen MR) is 108 cm³/mol. The molecule has 1 atom stereocenters. The molecule has 0 aromatic heterocycles. The Balaban J connectivity index is 1.57. The minimum absolute atomic E-state index is 0.0417. The Bertz CT molecular complexity index is 1060. The van der Waals surface area contributed by atoms with E-state index >= 15 is 0 Å². The zero-order valence-corrected chi connectivity index (χ0v) is 17.1. The van der Waals surface area contributed by atoms with Gasteiger partial charge in [-0.3, -0.25) is 19.7 Å². The molecular formula is C19H20N4O7S. The van der Waals surface area contributed by atoms with Crippen molar-refractivity contribution in [2.75, 3.05) is 19.7 Å². The van der Waals surface area contributed by atoms with Crippen LogP contribution in [0.1, 0.15) is 5.56 Å². The maximum Gasteiger partial charge on any atom is 0.309 e. The van der Waals surface area contributed by atoms with Gasteiger partial charge < -0.3 is 15.4 Å². The third-order valence-corrected chi connectivity index (χ3v) is 6.44. The van der Waals surface area contributed by atoms with Crippen LogP contribution in [-0.2, 0) is 30.9 Å². The Morgan fingerprint density at radius 1 is 1.06 bits per heavy atom. The van der Waals surface area contributed by atoms with E-state index in [1.807, 2.05) is 6.07 Å². The molecule has 12 heteroatoms. The lowest BCUT2D eigenvalue weighted by molar-refractivity contribution is -0.384. The van der Waals surface area contributed by atoms with Crippen molar-refractivity contribution in [2.24, 2.45) is 0 Å². The van der Waals surface area contributed by atoms with Crippen LogP contribution in [0.15, 0.2) is 59.5 Å². The van der Waals surface area contributed by atoms with Gasteiger partial charge in [0.05, 0.1) is 23.0 Å². The summed E-state index contributed by atoms with van der Waals surface area (Å²) in [5.41, 5.74) is 0.588. The van der Waals surface area contributed by atoms with Crippen LogP contribution >= 0.6 is 0 Å². The molecule has 1 heterocycles. The van der Waals surface area contributed by atoms with Crippen LogP contribution in [0.4, 0.5) is 5.69 Å². The standard InChI is InChI=1S/C19H20N4O7S/c24-18(20-12-14-4-2-1-3-5-14)19(25)21-13-17-22(10-11-30-17)31(28,29)16-8-6-15(7-9-16)23(26)27/h1-9,17H,10-13H2,(H,20,24)(H,21,25)/t17-/m0/s1. The summed E-state index contributed by atoms with van der Waals surface area (Å²) in [5, 5.41) is 15.6. The van der Waals surface area contributed by atoms with Crippen molar-refractivity contribution in [3.8, 4) is 0 Å². The minimum Gasteiger partial charge on any atom is -0.359 e. The summed E-state index contributed by atoms with van der Waals surface area (Å²) in [6.45, 7) is 0.0878. The average molecular weight is 448 g/mol. The molecule has 0 unspecified atom stereocenters. The van der Waals surface area contributed by atoms with Gasteiger partial charge in [0.25, 0.3) is 5.69 Å². The summed E-state index contributed by atoms with van der Waals surface area (Å²) in [7, 11) is -4.01. The molecule has 1 saturated heterocycles. The zero-order chi connectivity index (χ0) is 22.4. The smallest absolute Gasteiger partial charge is 0.309 e. The van der Waals surface area contributed by atoms with Crippen molar-refractivity contribution in [1.29, 1.82) is 0 Å². The van der Waals surface area contributed by atoms with Crippen molar-refractivity contribution in [3.05, 3.63) is 70.3 Å². The van der Waals surface area contributed by atoms with Gasteiger partial charge in [-0.1, -0.05) is 30.3 Å². The maximum absolute atomic E-state index is 12.8. The maximum atomic E-state index is 12.8. The van der Waals surface area contributed by atoms with Crippen LogP contribution in [0.2, 0.25) is 0 Å². The largest absolute Gasteiger partial charge is 0.359 e. The highest BCUT2D eigenvalue weighted by Crippen LogP contribution is 2.24.